The van der Waals surface area contributed by atoms with Crippen molar-refractivity contribution in [2.45, 2.75) is 12.8 Å². The molecule has 0 spiro atoms. The second-order valence-electron chi connectivity index (χ2n) is 4.86. The van der Waals surface area contributed by atoms with Gasteiger partial charge in [-0.25, -0.2) is 0 Å². The monoisotopic (exact) mass is 334 g/mol. The van der Waals surface area contributed by atoms with Crippen molar-refractivity contribution in [3.8, 4) is 0 Å². The number of fused-ring (bicyclic) bond motifs is 1. The summed E-state index contributed by atoms with van der Waals surface area (Å²) in [5.41, 5.74) is 3.07. The molecule has 1 atom stereocenters. The molecule has 96 valence electrons. The Morgan fingerprint density at radius 3 is 2.74 bits per heavy atom. The molecular formula is C16H12BrClO. The van der Waals surface area contributed by atoms with Crippen molar-refractivity contribution >= 4 is 33.3 Å². The fourth-order valence-corrected chi connectivity index (χ4v) is 3.38. The summed E-state index contributed by atoms with van der Waals surface area (Å²) in [6.45, 7) is 0. The number of rotatable bonds is 2. The van der Waals surface area contributed by atoms with Crippen molar-refractivity contribution in [3.05, 3.63) is 68.7 Å². The van der Waals surface area contributed by atoms with Crippen molar-refractivity contribution in [1.29, 1.82) is 0 Å². The van der Waals surface area contributed by atoms with Crippen molar-refractivity contribution < 1.29 is 4.79 Å². The van der Waals surface area contributed by atoms with Gasteiger partial charge in [-0.2, -0.15) is 0 Å². The van der Waals surface area contributed by atoms with Crippen LogP contribution in [0.1, 0.15) is 21.5 Å². The Morgan fingerprint density at radius 1 is 1.21 bits per heavy atom. The van der Waals surface area contributed by atoms with Gasteiger partial charge in [0.15, 0.2) is 5.78 Å². The van der Waals surface area contributed by atoms with E-state index >= 15 is 0 Å². The van der Waals surface area contributed by atoms with E-state index in [9.17, 15) is 4.79 Å². The predicted molar refractivity (Wildman–Crippen MR) is 80.8 cm³/mol. The lowest BCUT2D eigenvalue weighted by Gasteiger charge is -2.10. The number of Topliss-reactive ketones (excluding diaryl/α,β-unsaturated/α-hetero) is 1. The molecule has 0 bridgehead atoms. The molecule has 3 rings (SSSR count). The van der Waals surface area contributed by atoms with Gasteiger partial charge in [-0.05, 0) is 36.1 Å². The lowest BCUT2D eigenvalue weighted by Crippen LogP contribution is -2.12. The Balaban J connectivity index is 1.85. The van der Waals surface area contributed by atoms with E-state index in [-0.39, 0.29) is 11.7 Å². The number of ketones is 1. The van der Waals surface area contributed by atoms with Crippen LogP contribution in [0, 0.1) is 5.92 Å². The fraction of sp³-hybridized carbons (Fsp3) is 0.188. The van der Waals surface area contributed by atoms with E-state index < -0.39 is 0 Å². The summed E-state index contributed by atoms with van der Waals surface area (Å²) in [6, 6.07) is 13.7. The van der Waals surface area contributed by atoms with E-state index in [1.807, 2.05) is 42.5 Å². The normalized spacial score (nSPS) is 17.6. The summed E-state index contributed by atoms with van der Waals surface area (Å²) in [5, 5.41) is 0.720. The minimum Gasteiger partial charge on any atom is -0.294 e. The van der Waals surface area contributed by atoms with Crippen LogP contribution in [0.25, 0.3) is 0 Å². The first-order chi connectivity index (χ1) is 9.15. The Morgan fingerprint density at radius 2 is 2.00 bits per heavy atom. The van der Waals surface area contributed by atoms with Crippen LogP contribution in [0.5, 0.6) is 0 Å². The molecule has 1 aliphatic carbocycles. The lowest BCUT2D eigenvalue weighted by atomic mass is 9.96. The summed E-state index contributed by atoms with van der Waals surface area (Å²) in [5.74, 6) is 0.269. The van der Waals surface area contributed by atoms with Crippen molar-refractivity contribution in [2.75, 3.05) is 0 Å². The molecule has 0 aromatic heterocycles. The van der Waals surface area contributed by atoms with E-state index in [1.165, 1.54) is 0 Å². The molecule has 1 unspecified atom stereocenters. The standard InChI is InChI=1S/C16H12BrClO/c17-13-6-5-11(15(18)9-13)8-12-7-10-3-1-2-4-14(10)16(12)19/h1-6,9,12H,7-8H2. The number of carbonyl (C=O) groups excluding carboxylic acids is 1. The molecule has 0 heterocycles. The number of halogens is 2. The Labute approximate surface area is 125 Å². The van der Waals surface area contributed by atoms with Crippen molar-refractivity contribution in [1.82, 2.24) is 0 Å². The number of hydrogen-bond acceptors (Lipinski definition) is 1. The van der Waals surface area contributed by atoms with Gasteiger partial charge < -0.3 is 0 Å². The molecule has 1 nitrogen and oxygen atoms in total. The largest absolute Gasteiger partial charge is 0.294 e. The van der Waals surface area contributed by atoms with Crippen molar-refractivity contribution in [2.24, 2.45) is 5.92 Å². The Kier molecular flexibility index (Phi) is 3.46. The highest BCUT2D eigenvalue weighted by molar-refractivity contribution is 9.10. The average Bonchev–Trinajstić information content (AvgIpc) is 2.70. The molecule has 0 fully saturated rings. The van der Waals surface area contributed by atoms with Gasteiger partial charge in [0.1, 0.15) is 0 Å². The van der Waals surface area contributed by atoms with Crippen LogP contribution in [0.2, 0.25) is 5.02 Å². The number of hydrogen-bond donors (Lipinski definition) is 0. The third kappa shape index (κ3) is 2.47. The molecule has 2 aromatic carbocycles. The molecule has 0 saturated heterocycles. The molecule has 0 N–H and O–H groups in total. The first kappa shape index (κ1) is 12.9. The van der Waals surface area contributed by atoms with E-state index in [4.69, 9.17) is 11.6 Å². The maximum atomic E-state index is 12.3. The lowest BCUT2D eigenvalue weighted by molar-refractivity contribution is 0.0936. The van der Waals surface area contributed by atoms with E-state index in [0.29, 0.717) is 6.42 Å². The Hall–Kier alpha value is -1.12. The number of carbonyl (C=O) groups is 1. The maximum Gasteiger partial charge on any atom is 0.166 e. The van der Waals surface area contributed by atoms with Gasteiger partial charge in [0.2, 0.25) is 0 Å². The van der Waals surface area contributed by atoms with Crippen LogP contribution in [-0.4, -0.2) is 5.78 Å². The predicted octanol–water partition coefficient (Wildman–Crippen LogP) is 4.70. The number of benzene rings is 2. The molecule has 19 heavy (non-hydrogen) atoms. The zero-order chi connectivity index (χ0) is 13.4. The zero-order valence-electron chi connectivity index (χ0n) is 10.2. The zero-order valence-corrected chi connectivity index (χ0v) is 12.5. The topological polar surface area (TPSA) is 17.1 Å². The highest BCUT2D eigenvalue weighted by atomic mass is 79.9. The summed E-state index contributed by atoms with van der Waals surface area (Å²) in [6.07, 6.45) is 1.53. The van der Waals surface area contributed by atoms with Crippen LogP contribution in [0.4, 0.5) is 0 Å². The van der Waals surface area contributed by atoms with E-state index in [0.717, 1.165) is 32.6 Å². The van der Waals surface area contributed by atoms with Gasteiger partial charge in [-0.15, -0.1) is 0 Å². The SMILES string of the molecule is O=C1c2ccccc2CC1Cc1ccc(Br)cc1Cl. The molecule has 0 aliphatic heterocycles. The molecule has 1 aliphatic rings. The van der Waals surface area contributed by atoms with Crippen LogP contribution < -0.4 is 0 Å². The third-order valence-electron chi connectivity index (χ3n) is 3.60. The summed E-state index contributed by atoms with van der Waals surface area (Å²) < 4.78 is 0.960. The van der Waals surface area contributed by atoms with Crippen LogP contribution in [0.15, 0.2) is 46.9 Å². The Bertz CT molecular complexity index is 651. The molecule has 0 saturated carbocycles. The van der Waals surface area contributed by atoms with Crippen LogP contribution >= 0.6 is 27.5 Å². The van der Waals surface area contributed by atoms with Crippen LogP contribution in [-0.2, 0) is 12.8 Å². The fourth-order valence-electron chi connectivity index (χ4n) is 2.63. The van der Waals surface area contributed by atoms with E-state index in [1.54, 1.807) is 0 Å². The molecule has 0 amide bonds. The van der Waals surface area contributed by atoms with Gasteiger partial charge in [0.05, 0.1) is 0 Å². The minimum atomic E-state index is 0.0241. The maximum absolute atomic E-state index is 12.3. The summed E-state index contributed by atoms with van der Waals surface area (Å²) in [7, 11) is 0. The van der Waals surface area contributed by atoms with Crippen molar-refractivity contribution in [3.63, 3.8) is 0 Å². The molecular weight excluding hydrogens is 324 g/mol. The second-order valence-corrected chi connectivity index (χ2v) is 6.19. The first-order valence-electron chi connectivity index (χ1n) is 6.21. The van der Waals surface area contributed by atoms with Gasteiger partial charge in [0.25, 0.3) is 0 Å². The molecule has 3 heteroatoms. The van der Waals surface area contributed by atoms with E-state index in [2.05, 4.69) is 15.9 Å². The second kappa shape index (κ2) is 5.10. The minimum absolute atomic E-state index is 0.0241. The molecule has 2 aromatic rings. The summed E-state index contributed by atoms with van der Waals surface area (Å²) in [4.78, 5) is 12.3. The van der Waals surface area contributed by atoms with Gasteiger partial charge in [0, 0.05) is 21.0 Å². The van der Waals surface area contributed by atoms with Gasteiger partial charge >= 0.3 is 0 Å². The van der Waals surface area contributed by atoms with Gasteiger partial charge in [-0.3, -0.25) is 4.79 Å². The van der Waals surface area contributed by atoms with Crippen LogP contribution in [0.3, 0.4) is 0 Å². The highest BCUT2D eigenvalue weighted by Gasteiger charge is 2.30. The highest BCUT2D eigenvalue weighted by Crippen LogP contribution is 2.31. The summed E-state index contributed by atoms with van der Waals surface area (Å²) >= 11 is 9.62. The average molecular weight is 336 g/mol. The van der Waals surface area contributed by atoms with Gasteiger partial charge in [-0.1, -0.05) is 57.9 Å². The third-order valence-corrected chi connectivity index (χ3v) is 4.45. The first-order valence-corrected chi connectivity index (χ1v) is 7.38. The quantitative estimate of drug-likeness (QED) is 0.777. The molecule has 0 radical (unpaired) electrons. The smallest absolute Gasteiger partial charge is 0.166 e.